The van der Waals surface area contributed by atoms with Gasteiger partial charge in [-0.2, -0.15) is 0 Å². The number of nitrogen functional groups attached to an aromatic ring is 1. The van der Waals surface area contributed by atoms with Gasteiger partial charge in [0.05, 0.1) is 11.4 Å². The molecule has 0 bridgehead atoms. The van der Waals surface area contributed by atoms with Gasteiger partial charge in [0, 0.05) is 10.0 Å². The topological polar surface area (TPSA) is 55.1 Å². The molecular formula is C14H12BrFN2O. The number of rotatable bonds is 2. The van der Waals surface area contributed by atoms with Gasteiger partial charge in [0.1, 0.15) is 5.82 Å². The first-order valence-corrected chi connectivity index (χ1v) is 6.39. The van der Waals surface area contributed by atoms with Crippen LogP contribution in [-0.2, 0) is 0 Å². The molecule has 0 spiro atoms. The fraction of sp³-hybridized carbons (Fsp3) is 0.0714. The van der Waals surface area contributed by atoms with Gasteiger partial charge in [-0.25, -0.2) is 4.39 Å². The van der Waals surface area contributed by atoms with Crippen molar-refractivity contribution in [3.05, 3.63) is 57.8 Å². The number of hydrogen-bond donors (Lipinski definition) is 2. The van der Waals surface area contributed by atoms with Crippen molar-refractivity contribution < 1.29 is 9.18 Å². The maximum atomic E-state index is 13.3. The minimum Gasteiger partial charge on any atom is -0.396 e. The van der Waals surface area contributed by atoms with Gasteiger partial charge in [0.2, 0.25) is 0 Å². The molecule has 0 radical (unpaired) electrons. The summed E-state index contributed by atoms with van der Waals surface area (Å²) in [6.07, 6.45) is 0. The van der Waals surface area contributed by atoms with Crippen LogP contribution >= 0.6 is 15.9 Å². The molecule has 19 heavy (non-hydrogen) atoms. The molecule has 2 rings (SSSR count). The fourth-order valence-corrected chi connectivity index (χ4v) is 2.18. The average molecular weight is 323 g/mol. The zero-order chi connectivity index (χ0) is 14.0. The quantitative estimate of drug-likeness (QED) is 0.828. The van der Waals surface area contributed by atoms with E-state index in [1.54, 1.807) is 6.07 Å². The normalized spacial score (nSPS) is 10.3. The fourth-order valence-electron chi connectivity index (χ4n) is 1.58. The summed E-state index contributed by atoms with van der Waals surface area (Å²) in [5.41, 5.74) is 7.32. The number of carbonyl (C=O) groups excluding carboxylic acids is 1. The molecular weight excluding hydrogens is 311 g/mol. The molecule has 0 fully saturated rings. The molecule has 3 N–H and O–H groups in total. The number of anilines is 2. The van der Waals surface area contributed by atoms with Crippen LogP contribution in [0.15, 0.2) is 40.9 Å². The summed E-state index contributed by atoms with van der Waals surface area (Å²) in [6, 6.07) is 9.52. The number of benzene rings is 2. The lowest BCUT2D eigenvalue weighted by molar-refractivity contribution is 0.102. The van der Waals surface area contributed by atoms with Crippen LogP contribution in [0.4, 0.5) is 15.8 Å². The summed E-state index contributed by atoms with van der Waals surface area (Å²) in [5, 5.41) is 2.71. The summed E-state index contributed by atoms with van der Waals surface area (Å²) in [5.74, 6) is -0.987. The highest BCUT2D eigenvalue weighted by Crippen LogP contribution is 2.24. The lowest BCUT2D eigenvalue weighted by Gasteiger charge is -2.08. The second kappa shape index (κ2) is 5.40. The van der Waals surface area contributed by atoms with Crippen molar-refractivity contribution in [2.75, 3.05) is 11.1 Å². The Labute approximate surface area is 118 Å². The Bertz CT molecular complexity index is 643. The number of nitrogens with one attached hydrogen (secondary N) is 1. The van der Waals surface area contributed by atoms with E-state index in [1.807, 2.05) is 19.1 Å². The lowest BCUT2D eigenvalue weighted by atomic mass is 10.1. The Kier molecular flexibility index (Phi) is 3.85. The Morgan fingerprint density at radius 2 is 2.00 bits per heavy atom. The second-order valence-electron chi connectivity index (χ2n) is 4.17. The highest BCUT2D eigenvalue weighted by atomic mass is 79.9. The van der Waals surface area contributed by atoms with E-state index in [0.29, 0.717) is 5.69 Å². The van der Waals surface area contributed by atoms with Gasteiger partial charge in [0.15, 0.2) is 0 Å². The predicted molar refractivity (Wildman–Crippen MR) is 77.6 cm³/mol. The van der Waals surface area contributed by atoms with Crippen molar-refractivity contribution in [3.63, 3.8) is 0 Å². The molecule has 0 aliphatic heterocycles. The van der Waals surface area contributed by atoms with E-state index in [0.717, 1.165) is 16.1 Å². The third kappa shape index (κ3) is 3.12. The van der Waals surface area contributed by atoms with E-state index in [2.05, 4.69) is 21.2 Å². The molecule has 3 nitrogen and oxygen atoms in total. The molecule has 0 atom stereocenters. The number of hydrogen-bond acceptors (Lipinski definition) is 2. The Morgan fingerprint density at radius 1 is 1.26 bits per heavy atom. The summed E-state index contributed by atoms with van der Waals surface area (Å²) in [7, 11) is 0. The molecule has 5 heteroatoms. The van der Waals surface area contributed by atoms with Gasteiger partial charge in [-0.1, -0.05) is 6.07 Å². The molecule has 0 saturated carbocycles. The number of carbonyl (C=O) groups is 1. The van der Waals surface area contributed by atoms with Crippen LogP contribution < -0.4 is 11.1 Å². The van der Waals surface area contributed by atoms with Crippen LogP contribution in [0.25, 0.3) is 0 Å². The molecule has 98 valence electrons. The molecule has 0 aliphatic carbocycles. The lowest BCUT2D eigenvalue weighted by Crippen LogP contribution is -2.12. The maximum Gasteiger partial charge on any atom is 0.255 e. The minimum atomic E-state index is -0.601. The van der Waals surface area contributed by atoms with Crippen molar-refractivity contribution in [1.29, 1.82) is 0 Å². The standard InChI is InChI=1S/C14H12BrFN2O/c1-8-2-5-13(10(15)6-8)18-14(19)9-3-4-12(17)11(16)7-9/h2-7H,17H2,1H3,(H,18,19). The molecule has 0 aromatic heterocycles. The van der Waals surface area contributed by atoms with Gasteiger partial charge in [-0.15, -0.1) is 0 Å². The summed E-state index contributed by atoms with van der Waals surface area (Å²) >= 11 is 3.37. The van der Waals surface area contributed by atoms with E-state index < -0.39 is 5.82 Å². The second-order valence-corrected chi connectivity index (χ2v) is 5.03. The van der Waals surface area contributed by atoms with Gasteiger partial charge >= 0.3 is 0 Å². The molecule has 0 aliphatic rings. The van der Waals surface area contributed by atoms with E-state index in [1.165, 1.54) is 12.1 Å². The Hall–Kier alpha value is -1.88. The van der Waals surface area contributed by atoms with E-state index in [-0.39, 0.29) is 17.2 Å². The molecule has 1 amide bonds. The average Bonchev–Trinajstić information content (AvgIpc) is 2.36. The van der Waals surface area contributed by atoms with Gasteiger partial charge in [0.25, 0.3) is 5.91 Å². The molecule has 0 saturated heterocycles. The Balaban J connectivity index is 2.23. The van der Waals surface area contributed by atoms with Crippen molar-refractivity contribution in [1.82, 2.24) is 0 Å². The SMILES string of the molecule is Cc1ccc(NC(=O)c2ccc(N)c(F)c2)c(Br)c1. The van der Waals surface area contributed by atoms with E-state index >= 15 is 0 Å². The number of halogens is 2. The molecule has 2 aromatic rings. The maximum absolute atomic E-state index is 13.3. The van der Waals surface area contributed by atoms with Gasteiger partial charge in [-0.05, 0) is 58.7 Å². The number of aryl methyl sites for hydroxylation is 1. The van der Waals surface area contributed by atoms with Crippen LogP contribution in [0.1, 0.15) is 15.9 Å². The van der Waals surface area contributed by atoms with Crippen LogP contribution in [0.2, 0.25) is 0 Å². The van der Waals surface area contributed by atoms with Gasteiger partial charge < -0.3 is 11.1 Å². The van der Waals surface area contributed by atoms with Crippen LogP contribution in [0, 0.1) is 12.7 Å². The van der Waals surface area contributed by atoms with Crippen molar-refractivity contribution in [2.45, 2.75) is 6.92 Å². The zero-order valence-electron chi connectivity index (χ0n) is 10.2. The third-order valence-corrected chi connectivity index (χ3v) is 3.29. The summed E-state index contributed by atoms with van der Waals surface area (Å²) in [6.45, 7) is 1.95. The molecule has 2 aromatic carbocycles. The van der Waals surface area contributed by atoms with Crippen LogP contribution in [-0.4, -0.2) is 5.91 Å². The first kappa shape index (κ1) is 13.5. The van der Waals surface area contributed by atoms with E-state index in [9.17, 15) is 9.18 Å². The first-order chi connectivity index (χ1) is 8.97. The first-order valence-electron chi connectivity index (χ1n) is 5.60. The Morgan fingerprint density at radius 3 is 2.63 bits per heavy atom. The van der Waals surface area contributed by atoms with Crippen molar-refractivity contribution >= 4 is 33.2 Å². The largest absolute Gasteiger partial charge is 0.396 e. The monoisotopic (exact) mass is 322 g/mol. The van der Waals surface area contributed by atoms with Gasteiger partial charge in [-0.3, -0.25) is 4.79 Å². The summed E-state index contributed by atoms with van der Waals surface area (Å²) < 4.78 is 14.1. The van der Waals surface area contributed by atoms with Crippen LogP contribution in [0.3, 0.4) is 0 Å². The predicted octanol–water partition coefficient (Wildman–Crippen LogP) is 3.73. The third-order valence-electron chi connectivity index (χ3n) is 2.64. The summed E-state index contributed by atoms with van der Waals surface area (Å²) in [4.78, 5) is 12.0. The van der Waals surface area contributed by atoms with Crippen LogP contribution in [0.5, 0.6) is 0 Å². The minimum absolute atomic E-state index is 0.0214. The van der Waals surface area contributed by atoms with Crippen molar-refractivity contribution in [2.24, 2.45) is 0 Å². The van der Waals surface area contributed by atoms with Crippen molar-refractivity contribution in [3.8, 4) is 0 Å². The smallest absolute Gasteiger partial charge is 0.255 e. The van der Waals surface area contributed by atoms with E-state index in [4.69, 9.17) is 5.73 Å². The zero-order valence-corrected chi connectivity index (χ0v) is 11.8. The molecule has 0 unspecified atom stereocenters. The number of amides is 1. The molecule has 0 heterocycles. The highest BCUT2D eigenvalue weighted by molar-refractivity contribution is 9.10. The number of nitrogens with two attached hydrogens (primary N) is 1. The highest BCUT2D eigenvalue weighted by Gasteiger charge is 2.10.